The molecule has 0 saturated carbocycles. The summed E-state index contributed by atoms with van der Waals surface area (Å²) in [5.74, 6) is -0.0674. The lowest BCUT2D eigenvalue weighted by molar-refractivity contribution is 0.0693. The minimum absolute atomic E-state index is 0.138. The molecule has 26 heavy (non-hydrogen) atoms. The average molecular weight is 354 g/mol. The van der Waals surface area contributed by atoms with E-state index in [9.17, 15) is 9.90 Å². The summed E-state index contributed by atoms with van der Waals surface area (Å²) in [5.41, 5.74) is 2.55. The van der Waals surface area contributed by atoms with Crippen LogP contribution in [0.4, 0.5) is 11.4 Å². The van der Waals surface area contributed by atoms with Crippen molar-refractivity contribution in [3.63, 3.8) is 0 Å². The predicted octanol–water partition coefficient (Wildman–Crippen LogP) is 3.76. The third-order valence-corrected chi connectivity index (χ3v) is 4.52. The van der Waals surface area contributed by atoms with E-state index in [0.717, 1.165) is 30.2 Å². The van der Waals surface area contributed by atoms with Crippen molar-refractivity contribution >= 4 is 23.4 Å². The molecule has 0 fully saturated rings. The minimum Gasteiger partial charge on any atom is -0.507 e. The van der Waals surface area contributed by atoms with Crippen LogP contribution < -0.4 is 14.5 Å². The van der Waals surface area contributed by atoms with Crippen molar-refractivity contribution in [1.29, 1.82) is 0 Å². The van der Waals surface area contributed by atoms with Crippen LogP contribution in [0.2, 0.25) is 0 Å². The quantitative estimate of drug-likeness (QED) is 0.852. The molecule has 2 aromatic carbocycles. The van der Waals surface area contributed by atoms with Crippen molar-refractivity contribution in [2.24, 2.45) is 0 Å². The van der Waals surface area contributed by atoms with E-state index < -0.39 is 5.97 Å². The Morgan fingerprint density at radius 3 is 2.58 bits per heavy atom. The Balaban J connectivity index is 1.92. The van der Waals surface area contributed by atoms with E-state index in [-0.39, 0.29) is 11.3 Å². The van der Waals surface area contributed by atoms with Gasteiger partial charge in [0, 0.05) is 38.0 Å². The maximum absolute atomic E-state index is 11.2. The second-order valence-electron chi connectivity index (χ2n) is 6.05. The number of aromatic carboxylic acids is 1. The molecular weight excluding hydrogens is 332 g/mol. The maximum atomic E-state index is 11.2. The number of rotatable bonds is 5. The summed E-state index contributed by atoms with van der Waals surface area (Å²) in [6.45, 7) is 6.05. The molecule has 0 spiro atoms. The Kier molecular flexibility index (Phi) is 4.75. The van der Waals surface area contributed by atoms with E-state index >= 15 is 0 Å². The number of hydrogen-bond donors (Lipinski definition) is 2. The topological polar surface area (TPSA) is 73.2 Å². The zero-order chi connectivity index (χ0) is 18.8. The first-order valence-electron chi connectivity index (χ1n) is 8.53. The lowest BCUT2D eigenvalue weighted by Gasteiger charge is -2.21. The van der Waals surface area contributed by atoms with Gasteiger partial charge in [-0.1, -0.05) is 6.07 Å². The third kappa shape index (κ3) is 3.18. The number of anilines is 2. The molecule has 1 aliphatic heterocycles. The second kappa shape index (κ2) is 7.00. The van der Waals surface area contributed by atoms with E-state index in [1.165, 1.54) is 12.1 Å². The van der Waals surface area contributed by atoms with Crippen molar-refractivity contribution in [2.45, 2.75) is 13.8 Å². The molecule has 0 aromatic heterocycles. The fourth-order valence-corrected chi connectivity index (χ4v) is 3.03. The molecule has 0 saturated heterocycles. The van der Waals surface area contributed by atoms with Crippen LogP contribution in [0, 0.1) is 0 Å². The van der Waals surface area contributed by atoms with Gasteiger partial charge in [-0.25, -0.2) is 4.79 Å². The summed E-state index contributed by atoms with van der Waals surface area (Å²) < 4.78 is 5.98. The summed E-state index contributed by atoms with van der Waals surface area (Å²) >= 11 is 0. The fourth-order valence-electron chi connectivity index (χ4n) is 3.03. The molecule has 6 heteroatoms. The fraction of sp³-hybridized carbons (Fsp3) is 0.250. The number of phenols is 1. The minimum atomic E-state index is -1.17. The van der Waals surface area contributed by atoms with Gasteiger partial charge >= 0.3 is 5.97 Å². The molecule has 1 heterocycles. The Bertz CT molecular complexity index is 872. The summed E-state index contributed by atoms with van der Waals surface area (Å²) in [5, 5.41) is 18.8. The van der Waals surface area contributed by atoms with Crippen LogP contribution >= 0.6 is 0 Å². The Hall–Kier alpha value is -3.15. The van der Waals surface area contributed by atoms with Gasteiger partial charge in [0.1, 0.15) is 11.3 Å². The summed E-state index contributed by atoms with van der Waals surface area (Å²) in [6.07, 6.45) is 1.75. The van der Waals surface area contributed by atoms with Crippen molar-refractivity contribution < 1.29 is 19.7 Å². The SMILES string of the molecule is CCN(CC)c1ccc2c(c1)O/C(=C\c1ccc(O)c(C(=O)O)c1)N2C. The van der Waals surface area contributed by atoms with Crippen LogP contribution in [0.5, 0.6) is 11.5 Å². The number of carbonyl (C=O) groups is 1. The number of ether oxygens (including phenoxy) is 1. The zero-order valence-electron chi connectivity index (χ0n) is 15.1. The number of fused-ring (bicyclic) bond motifs is 1. The molecule has 0 radical (unpaired) electrons. The molecular formula is C20H22N2O4. The van der Waals surface area contributed by atoms with Gasteiger partial charge in [-0.2, -0.15) is 0 Å². The molecule has 6 nitrogen and oxygen atoms in total. The van der Waals surface area contributed by atoms with E-state index in [2.05, 4.69) is 24.8 Å². The van der Waals surface area contributed by atoms with Gasteiger partial charge in [-0.3, -0.25) is 0 Å². The lowest BCUT2D eigenvalue weighted by atomic mass is 10.1. The van der Waals surface area contributed by atoms with Gasteiger partial charge in [0.15, 0.2) is 5.75 Å². The number of carboxylic acid groups (broad SMARTS) is 1. The number of benzene rings is 2. The Morgan fingerprint density at radius 2 is 1.92 bits per heavy atom. The molecule has 2 N–H and O–H groups in total. The number of hydrogen-bond acceptors (Lipinski definition) is 5. The largest absolute Gasteiger partial charge is 0.507 e. The van der Waals surface area contributed by atoms with Gasteiger partial charge in [0.25, 0.3) is 0 Å². The van der Waals surface area contributed by atoms with Gasteiger partial charge in [-0.05, 0) is 43.7 Å². The first kappa shape index (κ1) is 17.7. The van der Waals surface area contributed by atoms with Crippen LogP contribution in [-0.2, 0) is 0 Å². The van der Waals surface area contributed by atoms with E-state index in [0.29, 0.717) is 11.4 Å². The number of nitrogens with zero attached hydrogens (tertiary/aromatic N) is 2. The van der Waals surface area contributed by atoms with E-state index in [1.807, 2.05) is 24.1 Å². The van der Waals surface area contributed by atoms with Crippen LogP contribution in [0.1, 0.15) is 29.8 Å². The Labute approximate surface area is 152 Å². The van der Waals surface area contributed by atoms with Crippen LogP contribution in [0.3, 0.4) is 0 Å². The monoisotopic (exact) mass is 354 g/mol. The molecule has 3 rings (SSSR count). The van der Waals surface area contributed by atoms with Crippen molar-refractivity contribution in [1.82, 2.24) is 0 Å². The normalized spacial score (nSPS) is 14.3. The van der Waals surface area contributed by atoms with Gasteiger partial charge < -0.3 is 24.7 Å². The van der Waals surface area contributed by atoms with Crippen LogP contribution in [-0.4, -0.2) is 36.3 Å². The molecule has 0 atom stereocenters. The zero-order valence-corrected chi connectivity index (χ0v) is 15.1. The Morgan fingerprint density at radius 1 is 1.19 bits per heavy atom. The van der Waals surface area contributed by atoms with Crippen molar-refractivity contribution in [2.75, 3.05) is 29.9 Å². The van der Waals surface area contributed by atoms with E-state index in [4.69, 9.17) is 9.84 Å². The lowest BCUT2D eigenvalue weighted by Crippen LogP contribution is -2.21. The van der Waals surface area contributed by atoms with E-state index in [1.54, 1.807) is 12.1 Å². The molecule has 0 bridgehead atoms. The highest BCUT2D eigenvalue weighted by atomic mass is 16.5. The maximum Gasteiger partial charge on any atom is 0.339 e. The standard InChI is InChI=1S/C20H22N2O4/c1-4-22(5-2)14-7-8-16-18(12-14)26-19(21(16)3)11-13-6-9-17(23)15(10-13)20(24)25/h6-12,23H,4-5H2,1-3H3,(H,24,25)/b19-11-. The molecule has 1 aliphatic rings. The smallest absolute Gasteiger partial charge is 0.339 e. The first-order chi connectivity index (χ1) is 12.4. The average Bonchev–Trinajstić information content (AvgIpc) is 2.93. The highest BCUT2D eigenvalue weighted by Crippen LogP contribution is 2.41. The van der Waals surface area contributed by atoms with Crippen LogP contribution in [0.15, 0.2) is 42.3 Å². The molecule has 0 amide bonds. The molecule has 0 unspecified atom stereocenters. The summed E-state index contributed by atoms with van der Waals surface area (Å²) in [7, 11) is 1.90. The molecule has 136 valence electrons. The summed E-state index contributed by atoms with van der Waals surface area (Å²) in [4.78, 5) is 15.3. The highest BCUT2D eigenvalue weighted by Gasteiger charge is 2.24. The van der Waals surface area contributed by atoms with Gasteiger partial charge in [0.05, 0.1) is 5.69 Å². The molecule has 2 aromatic rings. The molecule has 0 aliphatic carbocycles. The number of aromatic hydroxyl groups is 1. The van der Waals surface area contributed by atoms with Crippen molar-refractivity contribution in [3.05, 3.63) is 53.4 Å². The predicted molar refractivity (Wildman–Crippen MR) is 102 cm³/mol. The second-order valence-corrected chi connectivity index (χ2v) is 6.05. The number of carboxylic acids is 1. The summed E-state index contributed by atoms with van der Waals surface area (Å²) in [6, 6.07) is 10.5. The first-order valence-corrected chi connectivity index (χ1v) is 8.53. The highest BCUT2D eigenvalue weighted by molar-refractivity contribution is 5.91. The van der Waals surface area contributed by atoms with Crippen molar-refractivity contribution in [3.8, 4) is 11.5 Å². The van der Waals surface area contributed by atoms with Gasteiger partial charge in [-0.15, -0.1) is 0 Å². The van der Waals surface area contributed by atoms with Gasteiger partial charge in [0.2, 0.25) is 5.88 Å². The van der Waals surface area contributed by atoms with Crippen LogP contribution in [0.25, 0.3) is 6.08 Å². The third-order valence-electron chi connectivity index (χ3n) is 4.52.